The molecule has 0 unspecified atom stereocenters. The number of thioether (sulfide) groups is 1. The average Bonchev–Trinajstić information content (AvgIpc) is 2.79. The molecular weight excluding hydrogens is 346 g/mol. The quantitative estimate of drug-likeness (QED) is 0.354. The van der Waals surface area contributed by atoms with Crippen LogP contribution in [0.4, 0.5) is 11.6 Å². The van der Waals surface area contributed by atoms with E-state index in [1.165, 1.54) is 4.68 Å². The molecule has 0 fully saturated rings. The van der Waals surface area contributed by atoms with Crippen LogP contribution in [0.1, 0.15) is 0 Å². The maximum atomic E-state index is 11.8. The van der Waals surface area contributed by atoms with Crippen LogP contribution in [0.3, 0.4) is 0 Å². The molecule has 0 saturated carbocycles. The molecule has 0 bridgehead atoms. The van der Waals surface area contributed by atoms with Crippen molar-refractivity contribution in [2.75, 3.05) is 22.3 Å². The highest BCUT2D eigenvalue weighted by molar-refractivity contribution is 9.10. The predicted octanol–water partition coefficient (Wildman–Crippen LogP) is 0.771. The number of aromatic nitrogens is 3. The zero-order valence-electron chi connectivity index (χ0n) is 10.2. The molecule has 106 valence electrons. The third kappa shape index (κ3) is 3.62. The van der Waals surface area contributed by atoms with Gasteiger partial charge in [-0.1, -0.05) is 27.7 Å². The van der Waals surface area contributed by atoms with Crippen molar-refractivity contribution in [2.45, 2.75) is 5.16 Å². The number of rotatable bonds is 5. The number of hydrogen-bond acceptors (Lipinski definition) is 7. The zero-order chi connectivity index (χ0) is 14.5. The molecule has 1 aromatic carbocycles. The second-order valence-electron chi connectivity index (χ2n) is 3.66. The molecule has 20 heavy (non-hydrogen) atoms. The van der Waals surface area contributed by atoms with Crippen molar-refractivity contribution in [3.63, 3.8) is 0 Å². The summed E-state index contributed by atoms with van der Waals surface area (Å²) >= 11 is 4.49. The number of nitrogens with two attached hydrogens (primary N) is 2. The Hall–Kier alpha value is -1.78. The van der Waals surface area contributed by atoms with Crippen molar-refractivity contribution in [1.82, 2.24) is 14.9 Å². The van der Waals surface area contributed by atoms with Gasteiger partial charge in [0, 0.05) is 10.2 Å². The molecule has 1 aromatic heterocycles. The summed E-state index contributed by atoms with van der Waals surface area (Å²) in [5.41, 5.74) is 3.01. The second kappa shape index (κ2) is 6.59. The summed E-state index contributed by atoms with van der Waals surface area (Å²) in [4.78, 5) is 11.8. The predicted molar refractivity (Wildman–Crippen MR) is 81.5 cm³/mol. The summed E-state index contributed by atoms with van der Waals surface area (Å²) in [6, 6.07) is 7.29. The van der Waals surface area contributed by atoms with Crippen LogP contribution in [0, 0.1) is 0 Å². The van der Waals surface area contributed by atoms with Crippen LogP contribution < -0.4 is 22.4 Å². The molecule has 0 aliphatic carbocycles. The molecule has 0 atom stereocenters. The van der Waals surface area contributed by atoms with E-state index in [1.54, 1.807) is 12.1 Å². The number of carbonyl (C=O) groups is 1. The fourth-order valence-electron chi connectivity index (χ4n) is 1.33. The highest BCUT2D eigenvalue weighted by Crippen LogP contribution is 2.17. The standard InChI is InChI=1S/C10H12BrN7OS/c11-6-1-3-7(4-2-6)14-8(19)5-20-10-17-16-9(15-12)18(10)13/h1-4H,5,12-13H2,(H,14,19)(H,15,16). The van der Waals surface area contributed by atoms with Crippen LogP contribution in [0.5, 0.6) is 0 Å². The Morgan fingerprint density at radius 2 is 2.05 bits per heavy atom. The van der Waals surface area contributed by atoms with Crippen molar-refractivity contribution in [3.8, 4) is 0 Å². The van der Waals surface area contributed by atoms with Gasteiger partial charge in [-0.2, -0.15) is 0 Å². The Morgan fingerprint density at radius 1 is 1.35 bits per heavy atom. The lowest BCUT2D eigenvalue weighted by Gasteiger charge is -2.05. The van der Waals surface area contributed by atoms with Crippen molar-refractivity contribution < 1.29 is 4.79 Å². The van der Waals surface area contributed by atoms with E-state index < -0.39 is 0 Å². The van der Waals surface area contributed by atoms with Crippen LogP contribution >= 0.6 is 27.7 Å². The fraction of sp³-hybridized carbons (Fsp3) is 0.100. The van der Waals surface area contributed by atoms with Gasteiger partial charge < -0.3 is 11.2 Å². The molecule has 10 heteroatoms. The van der Waals surface area contributed by atoms with Crippen molar-refractivity contribution in [3.05, 3.63) is 28.7 Å². The van der Waals surface area contributed by atoms with Crippen molar-refractivity contribution in [2.24, 2.45) is 5.84 Å². The number of amides is 1. The van der Waals surface area contributed by atoms with Crippen LogP contribution in [-0.2, 0) is 4.79 Å². The first-order valence-electron chi connectivity index (χ1n) is 5.45. The van der Waals surface area contributed by atoms with E-state index in [1.807, 2.05) is 12.1 Å². The molecule has 0 radical (unpaired) electrons. The molecule has 0 spiro atoms. The van der Waals surface area contributed by atoms with Gasteiger partial charge >= 0.3 is 0 Å². The Bertz CT molecular complexity index is 600. The zero-order valence-corrected chi connectivity index (χ0v) is 12.6. The van der Waals surface area contributed by atoms with E-state index in [4.69, 9.17) is 11.7 Å². The van der Waals surface area contributed by atoms with E-state index in [-0.39, 0.29) is 17.6 Å². The average molecular weight is 358 g/mol. The molecule has 6 N–H and O–H groups in total. The summed E-state index contributed by atoms with van der Waals surface area (Å²) in [5.74, 6) is 11.1. The third-order valence-electron chi connectivity index (χ3n) is 2.25. The molecule has 2 aromatic rings. The molecule has 0 saturated heterocycles. The van der Waals surface area contributed by atoms with Gasteiger partial charge in [0.1, 0.15) is 0 Å². The highest BCUT2D eigenvalue weighted by Gasteiger charge is 2.11. The number of carbonyl (C=O) groups excluding carboxylic acids is 1. The number of anilines is 2. The molecule has 0 aliphatic heterocycles. The van der Waals surface area contributed by atoms with Gasteiger partial charge in [0.2, 0.25) is 11.1 Å². The molecule has 0 aliphatic rings. The largest absolute Gasteiger partial charge is 0.334 e. The third-order valence-corrected chi connectivity index (χ3v) is 3.73. The number of hydrogen-bond donors (Lipinski definition) is 4. The van der Waals surface area contributed by atoms with E-state index in [0.29, 0.717) is 5.16 Å². The number of benzene rings is 1. The fourth-order valence-corrected chi connectivity index (χ4v) is 2.26. The molecular formula is C10H12BrN7OS. The first-order chi connectivity index (χ1) is 9.60. The van der Waals surface area contributed by atoms with Crippen LogP contribution in [-0.4, -0.2) is 26.5 Å². The number of halogens is 1. The van der Waals surface area contributed by atoms with Crippen LogP contribution in [0.15, 0.2) is 33.9 Å². The maximum absolute atomic E-state index is 11.8. The van der Waals surface area contributed by atoms with Crippen molar-refractivity contribution in [1.29, 1.82) is 0 Å². The lowest BCUT2D eigenvalue weighted by molar-refractivity contribution is -0.113. The number of hydrazine groups is 1. The minimum Gasteiger partial charge on any atom is -0.334 e. The van der Waals surface area contributed by atoms with Gasteiger partial charge in [-0.15, -0.1) is 10.2 Å². The van der Waals surface area contributed by atoms with Gasteiger partial charge in [-0.3, -0.25) is 10.2 Å². The minimum atomic E-state index is -0.164. The van der Waals surface area contributed by atoms with Gasteiger partial charge in [-0.05, 0) is 24.3 Å². The lowest BCUT2D eigenvalue weighted by atomic mass is 10.3. The normalized spacial score (nSPS) is 10.3. The van der Waals surface area contributed by atoms with Crippen LogP contribution in [0.2, 0.25) is 0 Å². The van der Waals surface area contributed by atoms with Crippen LogP contribution in [0.25, 0.3) is 0 Å². The number of nitrogens with zero attached hydrogens (tertiary/aromatic N) is 3. The topological polar surface area (TPSA) is 124 Å². The SMILES string of the molecule is NNc1nnc(SCC(=O)Nc2ccc(Br)cc2)n1N. The monoisotopic (exact) mass is 357 g/mol. The molecule has 2 rings (SSSR count). The Balaban J connectivity index is 1.88. The first kappa shape index (κ1) is 14.6. The number of nitrogens with one attached hydrogen (secondary N) is 2. The molecule has 1 amide bonds. The summed E-state index contributed by atoms with van der Waals surface area (Å²) in [5, 5.41) is 10.7. The summed E-state index contributed by atoms with van der Waals surface area (Å²) in [6.45, 7) is 0. The number of nitrogen functional groups attached to an aromatic ring is 2. The van der Waals surface area contributed by atoms with Crippen molar-refractivity contribution >= 4 is 45.2 Å². The first-order valence-corrected chi connectivity index (χ1v) is 7.23. The summed E-state index contributed by atoms with van der Waals surface area (Å²) < 4.78 is 2.13. The Morgan fingerprint density at radius 3 is 2.65 bits per heavy atom. The van der Waals surface area contributed by atoms with E-state index in [2.05, 4.69) is 36.9 Å². The molecule has 8 nitrogen and oxygen atoms in total. The van der Waals surface area contributed by atoms with E-state index in [9.17, 15) is 4.79 Å². The van der Waals surface area contributed by atoms with Gasteiger partial charge in [-0.25, -0.2) is 10.5 Å². The summed E-state index contributed by atoms with van der Waals surface area (Å²) in [7, 11) is 0. The Kier molecular flexibility index (Phi) is 4.82. The maximum Gasteiger partial charge on any atom is 0.258 e. The van der Waals surface area contributed by atoms with Gasteiger partial charge in [0.15, 0.2) is 0 Å². The summed E-state index contributed by atoms with van der Waals surface area (Å²) in [6.07, 6.45) is 0. The minimum absolute atomic E-state index is 0.163. The molecule has 1 heterocycles. The second-order valence-corrected chi connectivity index (χ2v) is 5.52. The Labute approximate surface area is 127 Å². The van der Waals surface area contributed by atoms with Gasteiger partial charge in [0.05, 0.1) is 5.75 Å². The van der Waals surface area contributed by atoms with Gasteiger partial charge in [0.25, 0.3) is 5.95 Å². The highest BCUT2D eigenvalue weighted by atomic mass is 79.9. The lowest BCUT2D eigenvalue weighted by Crippen LogP contribution is -2.19. The van der Waals surface area contributed by atoms with E-state index in [0.717, 1.165) is 21.9 Å². The smallest absolute Gasteiger partial charge is 0.258 e. The van der Waals surface area contributed by atoms with E-state index >= 15 is 0 Å².